The molecule has 3 nitrogen and oxygen atoms in total. The third-order valence-electron chi connectivity index (χ3n) is 3.28. The Morgan fingerprint density at radius 1 is 1.10 bits per heavy atom. The van der Waals surface area contributed by atoms with Gasteiger partial charge in [-0.25, -0.2) is 0 Å². The van der Waals surface area contributed by atoms with Crippen molar-refractivity contribution in [3.05, 3.63) is 29.8 Å². The molecule has 1 aromatic carbocycles. The van der Waals surface area contributed by atoms with Gasteiger partial charge in [-0.1, -0.05) is 32.0 Å². The van der Waals surface area contributed by atoms with Crippen molar-refractivity contribution in [1.29, 1.82) is 0 Å². The lowest BCUT2D eigenvalue weighted by atomic mass is 10.0. The molecule has 0 N–H and O–H groups in total. The first-order chi connectivity index (χ1) is 9.85. The van der Waals surface area contributed by atoms with E-state index in [2.05, 4.69) is 29.2 Å². The predicted molar refractivity (Wildman–Crippen MR) is 85.4 cm³/mol. The Morgan fingerprint density at radius 3 is 2.40 bits per heavy atom. The second kappa shape index (κ2) is 9.78. The van der Waals surface area contributed by atoms with Crippen LogP contribution in [0.4, 0.5) is 5.69 Å². The van der Waals surface area contributed by atoms with E-state index in [1.807, 2.05) is 27.7 Å². The van der Waals surface area contributed by atoms with Crippen LogP contribution in [0, 0.1) is 0 Å². The molecule has 2 rings (SSSR count). The monoisotopic (exact) mass is 279 g/mol. The average Bonchev–Trinajstić information content (AvgIpc) is 2.50. The highest BCUT2D eigenvalue weighted by Crippen LogP contribution is 2.26. The third kappa shape index (κ3) is 4.80. The van der Waals surface area contributed by atoms with Crippen LogP contribution in [0.2, 0.25) is 0 Å². The summed E-state index contributed by atoms with van der Waals surface area (Å²) in [7, 11) is 0. The number of para-hydroxylation sites is 1. The minimum Gasteiger partial charge on any atom is -0.366 e. The first-order valence-electron chi connectivity index (χ1n) is 7.91. The lowest BCUT2D eigenvalue weighted by Crippen LogP contribution is -2.38. The molecule has 0 radical (unpaired) electrons. The Bertz CT molecular complexity index is 362. The van der Waals surface area contributed by atoms with Crippen LogP contribution in [0.5, 0.6) is 0 Å². The highest BCUT2D eigenvalue weighted by atomic mass is 16.7. The maximum absolute atomic E-state index is 5.64. The Balaban J connectivity index is 0.000000956. The van der Waals surface area contributed by atoms with Crippen molar-refractivity contribution in [3.8, 4) is 0 Å². The van der Waals surface area contributed by atoms with E-state index in [4.69, 9.17) is 9.47 Å². The van der Waals surface area contributed by atoms with Gasteiger partial charge in [0.15, 0.2) is 6.29 Å². The summed E-state index contributed by atoms with van der Waals surface area (Å²) in [6.45, 7) is 11.3. The van der Waals surface area contributed by atoms with Gasteiger partial charge in [0.05, 0.1) is 6.54 Å². The van der Waals surface area contributed by atoms with Crippen LogP contribution in [0.25, 0.3) is 0 Å². The van der Waals surface area contributed by atoms with Gasteiger partial charge in [0.1, 0.15) is 0 Å². The van der Waals surface area contributed by atoms with Crippen LogP contribution < -0.4 is 4.90 Å². The summed E-state index contributed by atoms with van der Waals surface area (Å²) in [4.78, 5) is 2.38. The normalized spacial score (nSPS) is 13.8. The molecule has 1 aromatic rings. The van der Waals surface area contributed by atoms with Crippen LogP contribution in [-0.4, -0.2) is 32.6 Å². The minimum absolute atomic E-state index is 0.119. The summed E-state index contributed by atoms with van der Waals surface area (Å²) < 4.78 is 11.3. The second-order valence-electron chi connectivity index (χ2n) is 4.52. The van der Waals surface area contributed by atoms with E-state index < -0.39 is 0 Å². The van der Waals surface area contributed by atoms with Crippen molar-refractivity contribution < 1.29 is 9.47 Å². The van der Waals surface area contributed by atoms with Crippen LogP contribution in [0.3, 0.4) is 0 Å². The predicted octanol–water partition coefficient (Wildman–Crippen LogP) is 3.86. The Labute approximate surface area is 123 Å². The molecule has 0 bridgehead atoms. The lowest BCUT2D eigenvalue weighted by Gasteiger charge is -2.33. The standard InChI is InChI=1S/C15H23NO2.C2H6/c1-3-17-15(18-4-2)12-16-11-7-9-13-8-5-6-10-14(13)16;1-2/h5-6,8,10,15H,3-4,7,9,11-12H2,1-2H3;1-2H3. The highest BCUT2D eigenvalue weighted by Gasteiger charge is 2.20. The van der Waals surface area contributed by atoms with Crippen molar-refractivity contribution in [1.82, 2.24) is 0 Å². The van der Waals surface area contributed by atoms with Crippen molar-refractivity contribution in [2.45, 2.75) is 46.8 Å². The lowest BCUT2D eigenvalue weighted by molar-refractivity contribution is -0.129. The summed E-state index contributed by atoms with van der Waals surface area (Å²) in [6.07, 6.45) is 2.27. The van der Waals surface area contributed by atoms with Crippen molar-refractivity contribution >= 4 is 5.69 Å². The molecule has 1 aliphatic rings. The van der Waals surface area contributed by atoms with Crippen molar-refractivity contribution in [3.63, 3.8) is 0 Å². The maximum Gasteiger partial charge on any atom is 0.174 e. The largest absolute Gasteiger partial charge is 0.366 e. The molecule has 0 unspecified atom stereocenters. The average molecular weight is 279 g/mol. The second-order valence-corrected chi connectivity index (χ2v) is 4.52. The molecule has 0 fully saturated rings. The van der Waals surface area contributed by atoms with Crippen LogP contribution >= 0.6 is 0 Å². The van der Waals surface area contributed by atoms with E-state index >= 15 is 0 Å². The van der Waals surface area contributed by atoms with Gasteiger partial charge >= 0.3 is 0 Å². The van der Waals surface area contributed by atoms with Gasteiger partial charge in [0, 0.05) is 25.4 Å². The topological polar surface area (TPSA) is 21.7 Å². The first-order valence-corrected chi connectivity index (χ1v) is 7.91. The fourth-order valence-electron chi connectivity index (χ4n) is 2.51. The van der Waals surface area contributed by atoms with Crippen LogP contribution in [0.1, 0.15) is 39.7 Å². The molecule has 0 atom stereocenters. The van der Waals surface area contributed by atoms with Gasteiger partial charge in [-0.3, -0.25) is 0 Å². The van der Waals surface area contributed by atoms with Gasteiger partial charge in [-0.05, 0) is 38.3 Å². The smallest absolute Gasteiger partial charge is 0.174 e. The van der Waals surface area contributed by atoms with Crippen LogP contribution in [-0.2, 0) is 15.9 Å². The van der Waals surface area contributed by atoms with Crippen LogP contribution in [0.15, 0.2) is 24.3 Å². The van der Waals surface area contributed by atoms with Gasteiger partial charge in [-0.2, -0.15) is 0 Å². The number of anilines is 1. The quantitative estimate of drug-likeness (QED) is 0.738. The molecule has 0 saturated carbocycles. The molecular weight excluding hydrogens is 250 g/mol. The molecule has 3 heteroatoms. The highest BCUT2D eigenvalue weighted by molar-refractivity contribution is 5.55. The van der Waals surface area contributed by atoms with Gasteiger partial charge in [0.25, 0.3) is 0 Å². The number of benzene rings is 1. The summed E-state index contributed by atoms with van der Waals surface area (Å²) in [5.41, 5.74) is 2.78. The number of hydrogen-bond acceptors (Lipinski definition) is 3. The SMILES string of the molecule is CC.CCOC(CN1CCCc2ccccc21)OCC. The first kappa shape index (κ1) is 17.0. The molecule has 0 amide bonds. The number of hydrogen-bond donors (Lipinski definition) is 0. The number of fused-ring (bicyclic) bond motifs is 1. The van der Waals surface area contributed by atoms with Gasteiger partial charge in [0.2, 0.25) is 0 Å². The molecule has 1 heterocycles. The summed E-state index contributed by atoms with van der Waals surface area (Å²) in [6, 6.07) is 8.64. The van der Waals surface area contributed by atoms with Gasteiger partial charge < -0.3 is 14.4 Å². The van der Waals surface area contributed by atoms with E-state index in [1.54, 1.807) is 0 Å². The molecule has 20 heavy (non-hydrogen) atoms. The molecule has 0 spiro atoms. The van der Waals surface area contributed by atoms with E-state index in [-0.39, 0.29) is 6.29 Å². The molecule has 0 aliphatic carbocycles. The maximum atomic E-state index is 5.64. The molecule has 1 aliphatic heterocycles. The Morgan fingerprint density at radius 2 is 1.75 bits per heavy atom. The van der Waals surface area contributed by atoms with Gasteiger partial charge in [-0.15, -0.1) is 0 Å². The number of rotatable bonds is 6. The number of aryl methyl sites for hydroxylation is 1. The van der Waals surface area contributed by atoms with Crippen molar-refractivity contribution in [2.24, 2.45) is 0 Å². The van der Waals surface area contributed by atoms with E-state index in [0.29, 0.717) is 13.2 Å². The molecule has 114 valence electrons. The summed E-state index contributed by atoms with van der Waals surface area (Å²) >= 11 is 0. The van der Waals surface area contributed by atoms with Crippen molar-refractivity contribution in [2.75, 3.05) is 31.2 Å². The minimum atomic E-state index is -0.119. The Kier molecular flexibility index (Phi) is 8.31. The summed E-state index contributed by atoms with van der Waals surface area (Å²) in [5.74, 6) is 0. The molecule has 0 saturated heterocycles. The zero-order valence-electron chi connectivity index (χ0n) is 13.4. The zero-order chi connectivity index (χ0) is 14.8. The zero-order valence-corrected chi connectivity index (χ0v) is 13.4. The van der Waals surface area contributed by atoms with E-state index in [1.165, 1.54) is 24.1 Å². The van der Waals surface area contributed by atoms with E-state index in [9.17, 15) is 0 Å². The summed E-state index contributed by atoms with van der Waals surface area (Å²) in [5, 5.41) is 0. The number of ether oxygens (including phenoxy) is 2. The molecule has 0 aromatic heterocycles. The fraction of sp³-hybridized carbons (Fsp3) is 0.647. The third-order valence-corrected chi connectivity index (χ3v) is 3.28. The number of nitrogens with zero attached hydrogens (tertiary/aromatic N) is 1. The fourth-order valence-corrected chi connectivity index (χ4v) is 2.51. The Hall–Kier alpha value is -1.06. The molecular formula is C17H29NO2. The van der Waals surface area contributed by atoms with E-state index in [0.717, 1.165) is 13.1 Å².